The lowest BCUT2D eigenvalue weighted by atomic mass is 9.83. The van der Waals surface area contributed by atoms with Crippen LogP contribution in [0.25, 0.3) is 11.1 Å². The maximum atomic E-state index is 14.4. The molecule has 2 aliphatic carbocycles. The number of carbonyl (C=O) groups is 1. The minimum atomic E-state index is -1.64. The zero-order chi connectivity index (χ0) is 43.5. The summed E-state index contributed by atoms with van der Waals surface area (Å²) in [5.74, 6) is 0.951. The standard InChI is InChI=1S/C52H52Cl4N2O4/c1-57(2)37-23-15-33(16-24-37)43(35-19-27-41(28-20-35)60-39-11-7-5-8-12-39)31-52(46-45(51(59)62-52)47(53)49(55)50(56)48(46)54)32-44(34-17-25-38(26-18-34)58(3)4)36-21-29-42(30-22-36)61-40-13-9-6-10-14-40/h15-32,39-40H,5-14H2,1-4H3. The van der Waals surface area contributed by atoms with Crippen molar-refractivity contribution in [3.8, 4) is 11.5 Å². The van der Waals surface area contributed by atoms with Gasteiger partial charge in [-0.3, -0.25) is 0 Å². The molecule has 5 aromatic carbocycles. The van der Waals surface area contributed by atoms with Gasteiger partial charge in [0.25, 0.3) is 0 Å². The minimum absolute atomic E-state index is 0.0149. The molecule has 2 fully saturated rings. The highest BCUT2D eigenvalue weighted by Gasteiger charge is 2.48. The third-order valence-corrected chi connectivity index (χ3v) is 14.1. The van der Waals surface area contributed by atoms with E-state index in [-0.39, 0.29) is 37.9 Å². The Balaban J connectivity index is 1.36. The molecule has 0 unspecified atom stereocenters. The number of hydrogen-bond acceptors (Lipinski definition) is 6. The Hall–Kier alpha value is -4.59. The van der Waals surface area contributed by atoms with Crippen LogP contribution >= 0.6 is 46.4 Å². The highest BCUT2D eigenvalue weighted by atomic mass is 35.5. The van der Waals surface area contributed by atoms with E-state index in [0.29, 0.717) is 5.56 Å². The number of carbonyl (C=O) groups excluding carboxylic acids is 1. The molecule has 3 aliphatic rings. The normalized spacial score (nSPS) is 18.6. The number of benzene rings is 5. The average molecular weight is 911 g/mol. The molecule has 0 saturated heterocycles. The van der Waals surface area contributed by atoms with E-state index in [2.05, 4.69) is 58.3 Å². The fourth-order valence-corrected chi connectivity index (χ4v) is 9.92. The molecule has 62 heavy (non-hydrogen) atoms. The summed E-state index contributed by atoms with van der Waals surface area (Å²) in [7, 11) is 8.03. The molecule has 6 nitrogen and oxygen atoms in total. The third kappa shape index (κ3) is 9.36. The van der Waals surface area contributed by atoms with Crippen molar-refractivity contribution in [1.29, 1.82) is 0 Å². The fourth-order valence-electron chi connectivity index (χ4n) is 8.84. The first kappa shape index (κ1) is 44.0. The second-order valence-corrected chi connectivity index (χ2v) is 18.5. The van der Waals surface area contributed by atoms with E-state index in [9.17, 15) is 4.79 Å². The summed E-state index contributed by atoms with van der Waals surface area (Å²) in [6.45, 7) is 0. The van der Waals surface area contributed by atoms with Crippen molar-refractivity contribution in [3.05, 3.63) is 163 Å². The molecule has 10 heteroatoms. The highest BCUT2D eigenvalue weighted by molar-refractivity contribution is 6.53. The number of rotatable bonds is 12. The molecule has 0 bridgehead atoms. The molecule has 0 aromatic heterocycles. The Kier molecular flexibility index (Phi) is 13.5. The Morgan fingerprint density at radius 1 is 0.532 bits per heavy atom. The van der Waals surface area contributed by atoms with Crippen LogP contribution in [-0.4, -0.2) is 46.4 Å². The van der Waals surface area contributed by atoms with Gasteiger partial charge in [0.15, 0.2) is 5.60 Å². The second-order valence-electron chi connectivity index (χ2n) is 17.0. The summed E-state index contributed by atoms with van der Waals surface area (Å²) in [6, 6.07) is 32.8. The highest BCUT2D eigenvalue weighted by Crippen LogP contribution is 2.54. The Morgan fingerprint density at radius 2 is 0.887 bits per heavy atom. The van der Waals surface area contributed by atoms with Crippen LogP contribution in [-0.2, 0) is 10.3 Å². The number of esters is 1. The van der Waals surface area contributed by atoms with Crippen molar-refractivity contribution in [1.82, 2.24) is 0 Å². The van der Waals surface area contributed by atoms with Gasteiger partial charge in [-0.2, -0.15) is 0 Å². The average Bonchev–Trinajstić information content (AvgIpc) is 3.58. The van der Waals surface area contributed by atoms with Crippen molar-refractivity contribution in [3.63, 3.8) is 0 Å². The summed E-state index contributed by atoms with van der Waals surface area (Å²) < 4.78 is 19.6. The smallest absolute Gasteiger partial charge is 0.341 e. The van der Waals surface area contributed by atoms with E-state index in [1.807, 2.05) is 88.9 Å². The summed E-state index contributed by atoms with van der Waals surface area (Å²) in [5.41, 5.74) is 5.90. The number of halogens is 4. The van der Waals surface area contributed by atoms with Crippen LogP contribution in [0.15, 0.2) is 109 Å². The number of ether oxygens (including phenoxy) is 3. The number of anilines is 2. The molecule has 8 rings (SSSR count). The first-order valence-electron chi connectivity index (χ1n) is 21.6. The van der Waals surface area contributed by atoms with Gasteiger partial charge in [0.05, 0.1) is 37.9 Å². The molecule has 0 atom stereocenters. The van der Waals surface area contributed by atoms with E-state index < -0.39 is 11.6 Å². The molecular formula is C52H52Cl4N2O4. The number of cyclic esters (lactones) is 1. The topological polar surface area (TPSA) is 51.2 Å². The number of hydrogen-bond donors (Lipinski definition) is 0. The molecule has 2 saturated carbocycles. The van der Waals surface area contributed by atoms with Crippen LogP contribution in [0.1, 0.15) is 102 Å². The number of fused-ring (bicyclic) bond motifs is 1. The Labute approximate surface area is 386 Å². The monoisotopic (exact) mass is 908 g/mol. The van der Waals surface area contributed by atoms with Gasteiger partial charge in [0, 0.05) is 45.1 Å². The third-order valence-electron chi connectivity index (χ3n) is 12.3. The van der Waals surface area contributed by atoms with Crippen molar-refractivity contribution >= 4 is 74.9 Å². The summed E-state index contributed by atoms with van der Waals surface area (Å²) in [5, 5.41) is 0.0705. The minimum Gasteiger partial charge on any atom is -0.490 e. The maximum absolute atomic E-state index is 14.4. The Bertz CT molecular complexity index is 2320. The summed E-state index contributed by atoms with van der Waals surface area (Å²) in [6.07, 6.45) is 15.7. The first-order chi connectivity index (χ1) is 29.9. The van der Waals surface area contributed by atoms with Gasteiger partial charge < -0.3 is 24.0 Å². The zero-order valence-corrected chi connectivity index (χ0v) is 38.7. The lowest BCUT2D eigenvalue weighted by molar-refractivity contribution is 0.0300. The second kappa shape index (κ2) is 19.0. The van der Waals surface area contributed by atoms with Crippen molar-refractivity contribution in [2.24, 2.45) is 0 Å². The molecule has 0 radical (unpaired) electrons. The van der Waals surface area contributed by atoms with Gasteiger partial charge in [-0.1, -0.05) is 108 Å². The van der Waals surface area contributed by atoms with Crippen LogP contribution in [0.3, 0.4) is 0 Å². The molecule has 0 spiro atoms. The largest absolute Gasteiger partial charge is 0.490 e. The van der Waals surface area contributed by atoms with Crippen LogP contribution < -0.4 is 19.3 Å². The lowest BCUT2D eigenvalue weighted by Crippen LogP contribution is -2.23. The molecular weight excluding hydrogens is 858 g/mol. The Morgan fingerprint density at radius 3 is 1.26 bits per heavy atom. The zero-order valence-electron chi connectivity index (χ0n) is 35.7. The van der Waals surface area contributed by atoms with Crippen LogP contribution in [0.5, 0.6) is 11.5 Å². The van der Waals surface area contributed by atoms with E-state index in [1.165, 1.54) is 38.5 Å². The van der Waals surface area contributed by atoms with Gasteiger partial charge >= 0.3 is 5.97 Å². The van der Waals surface area contributed by atoms with E-state index >= 15 is 0 Å². The SMILES string of the molecule is CN(C)c1ccc(C(=CC2(C=C(c3ccc(OC4CCCCC4)cc3)c3ccc(N(C)C)cc3)OC(=O)c3c(Cl)c(Cl)c(Cl)c(Cl)c32)c2ccc(OC3CCCCC3)cc2)cc1. The van der Waals surface area contributed by atoms with Crippen molar-refractivity contribution in [2.45, 2.75) is 82.0 Å². The fraction of sp³-hybridized carbons (Fsp3) is 0.327. The van der Waals surface area contributed by atoms with E-state index in [0.717, 1.165) is 82.0 Å². The van der Waals surface area contributed by atoms with Crippen LogP contribution in [0, 0.1) is 0 Å². The van der Waals surface area contributed by atoms with E-state index in [1.54, 1.807) is 0 Å². The predicted molar refractivity (Wildman–Crippen MR) is 257 cm³/mol. The number of nitrogens with zero attached hydrogens (tertiary/aromatic N) is 2. The molecule has 1 aliphatic heterocycles. The van der Waals surface area contributed by atoms with Crippen molar-refractivity contribution < 1.29 is 19.0 Å². The molecule has 0 amide bonds. The van der Waals surface area contributed by atoms with E-state index in [4.69, 9.17) is 60.6 Å². The lowest BCUT2D eigenvalue weighted by Gasteiger charge is -2.28. The maximum Gasteiger partial charge on any atom is 0.341 e. The van der Waals surface area contributed by atoms with Crippen LogP contribution in [0.2, 0.25) is 20.1 Å². The summed E-state index contributed by atoms with van der Waals surface area (Å²) >= 11 is 27.7. The molecule has 0 N–H and O–H groups in total. The predicted octanol–water partition coefficient (Wildman–Crippen LogP) is 14.5. The first-order valence-corrected chi connectivity index (χ1v) is 23.1. The van der Waals surface area contributed by atoms with Gasteiger partial charge in [0.1, 0.15) is 11.5 Å². The van der Waals surface area contributed by atoms with Crippen LogP contribution in [0.4, 0.5) is 11.4 Å². The van der Waals surface area contributed by atoms with Gasteiger partial charge in [-0.05, 0) is 145 Å². The quantitative estimate of drug-likeness (QED) is 0.0706. The molecule has 5 aromatic rings. The van der Waals surface area contributed by atoms with Crippen molar-refractivity contribution in [2.75, 3.05) is 38.0 Å². The van der Waals surface area contributed by atoms with Gasteiger partial charge in [0.2, 0.25) is 0 Å². The molecule has 1 heterocycles. The van der Waals surface area contributed by atoms with Gasteiger partial charge in [-0.15, -0.1) is 0 Å². The summed E-state index contributed by atoms with van der Waals surface area (Å²) in [4.78, 5) is 18.5. The van der Waals surface area contributed by atoms with Gasteiger partial charge in [-0.25, -0.2) is 4.79 Å². The molecule has 322 valence electrons.